The van der Waals surface area contributed by atoms with E-state index in [0.29, 0.717) is 19.8 Å². The van der Waals surface area contributed by atoms with Crippen LogP contribution in [0.4, 0.5) is 0 Å². The van der Waals surface area contributed by atoms with E-state index < -0.39 is 5.54 Å². The summed E-state index contributed by atoms with van der Waals surface area (Å²) in [6.07, 6.45) is 1.63. The molecule has 0 saturated heterocycles. The maximum absolute atomic E-state index is 8.98. The van der Waals surface area contributed by atoms with Gasteiger partial charge in [-0.1, -0.05) is 18.2 Å². The van der Waals surface area contributed by atoms with E-state index in [9.17, 15) is 0 Å². The number of nitriles is 1. The molecule has 0 amide bonds. The van der Waals surface area contributed by atoms with Crippen molar-refractivity contribution >= 4 is 0 Å². The van der Waals surface area contributed by atoms with Gasteiger partial charge >= 0.3 is 0 Å². The average molecular weight is 262 g/mol. The molecule has 0 radical (unpaired) electrons. The number of para-hydroxylation sites is 1. The highest BCUT2D eigenvalue weighted by atomic mass is 16.5. The molecule has 0 heterocycles. The largest absolute Gasteiger partial charge is 0.491 e. The molecule has 1 unspecified atom stereocenters. The maximum Gasteiger partial charge on any atom is 0.119 e. The van der Waals surface area contributed by atoms with Crippen molar-refractivity contribution in [1.82, 2.24) is 5.32 Å². The lowest BCUT2D eigenvalue weighted by atomic mass is 9.98. The Morgan fingerprint density at radius 2 is 1.95 bits per heavy atom. The Bertz CT molecular complexity index is 389. The van der Waals surface area contributed by atoms with Gasteiger partial charge < -0.3 is 14.8 Å². The van der Waals surface area contributed by atoms with Gasteiger partial charge in [0.05, 0.1) is 12.7 Å². The van der Waals surface area contributed by atoms with Crippen molar-refractivity contribution in [2.45, 2.75) is 25.3 Å². The number of ether oxygens (including phenoxy) is 2. The molecule has 1 aromatic rings. The Balaban J connectivity index is 2.02. The van der Waals surface area contributed by atoms with Crippen molar-refractivity contribution in [1.29, 1.82) is 5.26 Å². The fourth-order valence-corrected chi connectivity index (χ4v) is 1.60. The zero-order valence-electron chi connectivity index (χ0n) is 11.7. The molecule has 0 saturated carbocycles. The summed E-state index contributed by atoms with van der Waals surface area (Å²) < 4.78 is 11.0. The molecule has 1 rings (SSSR count). The molecule has 0 aliphatic heterocycles. The Morgan fingerprint density at radius 1 is 1.21 bits per heavy atom. The molecule has 0 spiro atoms. The highest BCUT2D eigenvalue weighted by molar-refractivity contribution is 5.20. The fourth-order valence-electron chi connectivity index (χ4n) is 1.60. The van der Waals surface area contributed by atoms with Gasteiger partial charge in [-0.25, -0.2) is 0 Å². The number of hydrogen-bond acceptors (Lipinski definition) is 4. The van der Waals surface area contributed by atoms with Crippen molar-refractivity contribution in [3.8, 4) is 11.8 Å². The van der Waals surface area contributed by atoms with Gasteiger partial charge in [0.25, 0.3) is 0 Å². The first-order valence-electron chi connectivity index (χ1n) is 6.56. The Hall–Kier alpha value is -1.57. The standard InChI is InChI=1S/C15H22N2O2/c1-15(13-16,17-2)9-6-10-18-11-12-19-14-7-4-3-5-8-14/h3-5,7-8,17H,6,9-12H2,1-2H3. The number of benzene rings is 1. The van der Waals surface area contributed by atoms with Crippen molar-refractivity contribution in [2.24, 2.45) is 0 Å². The second-order valence-electron chi connectivity index (χ2n) is 4.57. The smallest absolute Gasteiger partial charge is 0.119 e. The molecule has 0 aromatic heterocycles. The summed E-state index contributed by atoms with van der Waals surface area (Å²) in [5, 5.41) is 12.0. The van der Waals surface area contributed by atoms with E-state index >= 15 is 0 Å². The first-order chi connectivity index (χ1) is 9.20. The summed E-state index contributed by atoms with van der Waals surface area (Å²) in [5.41, 5.74) is -0.454. The topological polar surface area (TPSA) is 54.3 Å². The molecule has 1 aromatic carbocycles. The van der Waals surface area contributed by atoms with E-state index in [0.717, 1.165) is 18.6 Å². The van der Waals surface area contributed by atoms with Crippen LogP contribution in [0.3, 0.4) is 0 Å². The summed E-state index contributed by atoms with van der Waals surface area (Å²) in [6, 6.07) is 11.9. The minimum absolute atomic E-state index is 0.454. The predicted molar refractivity (Wildman–Crippen MR) is 75.1 cm³/mol. The van der Waals surface area contributed by atoms with E-state index in [-0.39, 0.29) is 0 Å². The average Bonchev–Trinajstić information content (AvgIpc) is 2.47. The molecule has 104 valence electrons. The van der Waals surface area contributed by atoms with Crippen molar-refractivity contribution in [3.05, 3.63) is 30.3 Å². The van der Waals surface area contributed by atoms with E-state index in [1.165, 1.54) is 0 Å². The van der Waals surface area contributed by atoms with Gasteiger partial charge in [-0.3, -0.25) is 0 Å². The highest BCUT2D eigenvalue weighted by Crippen LogP contribution is 2.10. The first-order valence-corrected chi connectivity index (χ1v) is 6.56. The second kappa shape index (κ2) is 8.52. The zero-order valence-corrected chi connectivity index (χ0v) is 11.7. The third-order valence-electron chi connectivity index (χ3n) is 3.00. The van der Waals surface area contributed by atoms with Crippen LogP contribution in [-0.2, 0) is 4.74 Å². The van der Waals surface area contributed by atoms with E-state index in [4.69, 9.17) is 14.7 Å². The second-order valence-corrected chi connectivity index (χ2v) is 4.57. The SMILES string of the molecule is CNC(C)(C#N)CCCOCCOc1ccccc1. The number of nitrogens with zero attached hydrogens (tertiary/aromatic N) is 1. The van der Waals surface area contributed by atoms with Gasteiger partial charge in [0.2, 0.25) is 0 Å². The summed E-state index contributed by atoms with van der Waals surface area (Å²) in [7, 11) is 1.80. The normalized spacial score (nSPS) is 13.5. The predicted octanol–water partition coefficient (Wildman–Crippen LogP) is 2.36. The molecular formula is C15H22N2O2. The van der Waals surface area contributed by atoms with Crippen LogP contribution < -0.4 is 10.1 Å². The van der Waals surface area contributed by atoms with E-state index in [1.807, 2.05) is 37.3 Å². The summed E-state index contributed by atoms with van der Waals surface area (Å²) in [4.78, 5) is 0. The van der Waals surface area contributed by atoms with Crippen LogP contribution in [0.2, 0.25) is 0 Å². The fraction of sp³-hybridized carbons (Fsp3) is 0.533. The molecule has 0 bridgehead atoms. The van der Waals surface area contributed by atoms with Crippen molar-refractivity contribution in [3.63, 3.8) is 0 Å². The molecular weight excluding hydrogens is 240 g/mol. The Labute approximate surface area is 115 Å². The van der Waals surface area contributed by atoms with Crippen LogP contribution in [0.5, 0.6) is 5.75 Å². The van der Waals surface area contributed by atoms with Crippen molar-refractivity contribution in [2.75, 3.05) is 26.9 Å². The molecule has 0 fully saturated rings. The Kier molecular flexibility index (Phi) is 6.94. The van der Waals surface area contributed by atoms with Crippen LogP contribution >= 0.6 is 0 Å². The van der Waals surface area contributed by atoms with Gasteiger partial charge in [0, 0.05) is 6.61 Å². The quantitative estimate of drug-likeness (QED) is 0.694. The van der Waals surface area contributed by atoms with Crippen LogP contribution in [0.25, 0.3) is 0 Å². The molecule has 4 nitrogen and oxygen atoms in total. The number of nitrogens with one attached hydrogen (secondary N) is 1. The van der Waals surface area contributed by atoms with E-state index in [1.54, 1.807) is 7.05 Å². The molecule has 19 heavy (non-hydrogen) atoms. The molecule has 0 aliphatic carbocycles. The molecule has 1 N–H and O–H groups in total. The van der Waals surface area contributed by atoms with Gasteiger partial charge in [-0.2, -0.15) is 5.26 Å². The minimum Gasteiger partial charge on any atom is -0.491 e. The van der Waals surface area contributed by atoms with Crippen LogP contribution in [0, 0.1) is 11.3 Å². The summed E-state index contributed by atoms with van der Waals surface area (Å²) in [6.45, 7) is 3.66. The van der Waals surface area contributed by atoms with Gasteiger partial charge in [-0.05, 0) is 38.9 Å². The maximum atomic E-state index is 8.98. The van der Waals surface area contributed by atoms with Crippen LogP contribution in [0.15, 0.2) is 30.3 Å². The molecule has 1 atom stereocenters. The molecule has 4 heteroatoms. The Morgan fingerprint density at radius 3 is 2.58 bits per heavy atom. The van der Waals surface area contributed by atoms with Gasteiger partial charge in [0.1, 0.15) is 17.9 Å². The minimum atomic E-state index is -0.454. The van der Waals surface area contributed by atoms with Crippen molar-refractivity contribution < 1.29 is 9.47 Å². The third kappa shape index (κ3) is 6.23. The molecule has 0 aliphatic rings. The lowest BCUT2D eigenvalue weighted by Crippen LogP contribution is -2.38. The zero-order chi connectivity index (χ0) is 14.0. The third-order valence-corrected chi connectivity index (χ3v) is 3.00. The summed E-state index contributed by atoms with van der Waals surface area (Å²) >= 11 is 0. The number of rotatable bonds is 9. The highest BCUT2D eigenvalue weighted by Gasteiger charge is 2.19. The van der Waals surface area contributed by atoms with Gasteiger partial charge in [0.15, 0.2) is 0 Å². The van der Waals surface area contributed by atoms with Crippen LogP contribution in [-0.4, -0.2) is 32.4 Å². The van der Waals surface area contributed by atoms with Gasteiger partial charge in [-0.15, -0.1) is 0 Å². The lowest BCUT2D eigenvalue weighted by molar-refractivity contribution is 0.0949. The summed E-state index contributed by atoms with van der Waals surface area (Å²) in [5.74, 6) is 0.860. The first kappa shape index (κ1) is 15.5. The van der Waals surface area contributed by atoms with E-state index in [2.05, 4.69) is 11.4 Å². The number of hydrogen-bond donors (Lipinski definition) is 1. The lowest BCUT2D eigenvalue weighted by Gasteiger charge is -2.20. The van der Waals surface area contributed by atoms with Crippen LogP contribution in [0.1, 0.15) is 19.8 Å². The monoisotopic (exact) mass is 262 g/mol.